The number of hydrogen-bond acceptors (Lipinski definition) is 3. The molecule has 0 atom stereocenters. The molecule has 0 unspecified atom stereocenters. The molecule has 1 aromatic heterocycles. The number of halogens is 1. The van der Waals surface area contributed by atoms with Crippen LogP contribution in [0.25, 0.3) is 10.9 Å². The van der Waals surface area contributed by atoms with Gasteiger partial charge in [-0.25, -0.2) is 4.79 Å². The van der Waals surface area contributed by atoms with Crippen LogP contribution in [0.2, 0.25) is 5.02 Å². The molecule has 30 heavy (non-hydrogen) atoms. The van der Waals surface area contributed by atoms with Crippen molar-refractivity contribution in [3.63, 3.8) is 0 Å². The van der Waals surface area contributed by atoms with Gasteiger partial charge < -0.3 is 19.9 Å². The van der Waals surface area contributed by atoms with Gasteiger partial charge in [-0.1, -0.05) is 30.7 Å². The van der Waals surface area contributed by atoms with Gasteiger partial charge in [-0.15, -0.1) is 0 Å². The summed E-state index contributed by atoms with van der Waals surface area (Å²) < 4.78 is 0. The Morgan fingerprint density at radius 2 is 1.87 bits per heavy atom. The van der Waals surface area contributed by atoms with Gasteiger partial charge in [0.05, 0.1) is 6.42 Å². The van der Waals surface area contributed by atoms with Crippen LogP contribution in [-0.2, 0) is 17.6 Å². The van der Waals surface area contributed by atoms with Crippen LogP contribution in [0.15, 0.2) is 42.5 Å². The number of aryl methyl sites for hydroxylation is 1. The van der Waals surface area contributed by atoms with Gasteiger partial charge in [0.25, 0.3) is 0 Å². The molecular weight excluding hydrogens is 402 g/mol. The highest BCUT2D eigenvalue weighted by Gasteiger charge is 2.25. The number of rotatable bonds is 5. The molecule has 7 heteroatoms. The highest BCUT2D eigenvalue weighted by atomic mass is 35.5. The largest absolute Gasteiger partial charge is 0.477 e. The first kappa shape index (κ1) is 20.3. The predicted octanol–water partition coefficient (Wildman–Crippen LogP) is 3.97. The van der Waals surface area contributed by atoms with E-state index in [1.807, 2.05) is 4.90 Å². The number of carbonyl (C=O) groups excluding carboxylic acids is 1. The highest BCUT2D eigenvalue weighted by Crippen LogP contribution is 2.27. The van der Waals surface area contributed by atoms with Crippen molar-refractivity contribution >= 4 is 40.1 Å². The summed E-state index contributed by atoms with van der Waals surface area (Å²) in [6.45, 7) is 4.87. The highest BCUT2D eigenvalue weighted by molar-refractivity contribution is 6.31. The van der Waals surface area contributed by atoms with Crippen LogP contribution in [0.5, 0.6) is 0 Å². The Balaban J connectivity index is 1.48. The maximum atomic E-state index is 13.0. The van der Waals surface area contributed by atoms with Crippen LogP contribution in [-0.4, -0.2) is 53.0 Å². The normalized spacial score (nSPS) is 14.3. The Hall–Kier alpha value is -2.99. The van der Waals surface area contributed by atoms with E-state index in [2.05, 4.69) is 41.1 Å². The minimum atomic E-state index is -1.08. The van der Waals surface area contributed by atoms with Crippen molar-refractivity contribution in [1.82, 2.24) is 9.88 Å². The number of fused-ring (bicyclic) bond motifs is 1. The molecule has 6 nitrogen and oxygen atoms in total. The van der Waals surface area contributed by atoms with E-state index in [-0.39, 0.29) is 18.0 Å². The summed E-state index contributed by atoms with van der Waals surface area (Å²) in [5, 5.41) is 10.8. The molecule has 2 N–H and O–H groups in total. The zero-order valence-corrected chi connectivity index (χ0v) is 17.6. The zero-order chi connectivity index (χ0) is 21.3. The van der Waals surface area contributed by atoms with Gasteiger partial charge in [-0.05, 0) is 42.3 Å². The van der Waals surface area contributed by atoms with Crippen molar-refractivity contribution in [3.05, 3.63) is 64.3 Å². The summed E-state index contributed by atoms with van der Waals surface area (Å²) in [5.74, 6) is -1.15. The molecule has 0 radical (unpaired) electrons. The fourth-order valence-electron chi connectivity index (χ4n) is 4.04. The van der Waals surface area contributed by atoms with E-state index in [4.69, 9.17) is 11.6 Å². The standard InChI is InChI=1S/C23H24ClN3O3/c1-2-15-4-3-5-17(12-15)26-8-10-27(11-9-26)21(28)14-19-18-13-16(24)6-7-20(18)25-22(19)23(29)30/h3-7,12-13,25H,2,8-11,14H2,1H3,(H,29,30). The number of aromatic amines is 1. The summed E-state index contributed by atoms with van der Waals surface area (Å²) >= 11 is 6.10. The quantitative estimate of drug-likeness (QED) is 0.648. The Morgan fingerprint density at radius 3 is 2.57 bits per heavy atom. The summed E-state index contributed by atoms with van der Waals surface area (Å²) in [5.41, 5.74) is 3.69. The number of benzene rings is 2. The Kier molecular flexibility index (Phi) is 5.68. The van der Waals surface area contributed by atoms with Crippen LogP contribution in [0.3, 0.4) is 0 Å². The first-order valence-electron chi connectivity index (χ1n) is 10.1. The van der Waals surface area contributed by atoms with E-state index in [1.54, 1.807) is 18.2 Å². The van der Waals surface area contributed by atoms with Gasteiger partial charge in [0, 0.05) is 53.4 Å². The molecule has 0 aliphatic carbocycles. The number of hydrogen-bond donors (Lipinski definition) is 2. The first-order chi connectivity index (χ1) is 14.5. The molecule has 1 saturated heterocycles. The number of nitrogens with zero attached hydrogens (tertiary/aromatic N) is 2. The first-order valence-corrected chi connectivity index (χ1v) is 10.5. The lowest BCUT2D eigenvalue weighted by atomic mass is 10.1. The number of anilines is 1. The van der Waals surface area contributed by atoms with E-state index in [9.17, 15) is 14.7 Å². The Morgan fingerprint density at radius 1 is 1.10 bits per heavy atom. The lowest BCUT2D eigenvalue weighted by Crippen LogP contribution is -2.49. The minimum absolute atomic E-state index is 0.0350. The van der Waals surface area contributed by atoms with Gasteiger partial charge in [0.1, 0.15) is 5.69 Å². The van der Waals surface area contributed by atoms with Crippen molar-refractivity contribution in [2.45, 2.75) is 19.8 Å². The number of aromatic carboxylic acids is 1. The fraction of sp³-hybridized carbons (Fsp3) is 0.304. The third kappa shape index (κ3) is 4.00. The average molecular weight is 426 g/mol. The second-order valence-corrected chi connectivity index (χ2v) is 7.98. The minimum Gasteiger partial charge on any atom is -0.477 e. The molecule has 0 bridgehead atoms. The van der Waals surface area contributed by atoms with Gasteiger partial charge in [-0.2, -0.15) is 0 Å². The molecule has 1 fully saturated rings. The third-order valence-electron chi connectivity index (χ3n) is 5.73. The monoisotopic (exact) mass is 425 g/mol. The topological polar surface area (TPSA) is 76.6 Å². The van der Waals surface area contributed by atoms with Crippen LogP contribution in [0, 0.1) is 0 Å². The Bertz CT molecular complexity index is 1100. The second-order valence-electron chi connectivity index (χ2n) is 7.54. The van der Waals surface area contributed by atoms with Crippen LogP contribution >= 0.6 is 11.6 Å². The van der Waals surface area contributed by atoms with Crippen molar-refractivity contribution in [3.8, 4) is 0 Å². The Labute approximate surface area is 180 Å². The number of aromatic nitrogens is 1. The van der Waals surface area contributed by atoms with Gasteiger partial charge >= 0.3 is 5.97 Å². The lowest BCUT2D eigenvalue weighted by molar-refractivity contribution is -0.130. The summed E-state index contributed by atoms with van der Waals surface area (Å²) in [6, 6.07) is 13.6. The van der Waals surface area contributed by atoms with Crippen molar-refractivity contribution < 1.29 is 14.7 Å². The number of carboxylic acids is 1. The molecule has 1 aliphatic heterocycles. The second kappa shape index (κ2) is 8.40. The lowest BCUT2D eigenvalue weighted by Gasteiger charge is -2.36. The van der Waals surface area contributed by atoms with Crippen LogP contribution in [0.1, 0.15) is 28.5 Å². The third-order valence-corrected chi connectivity index (χ3v) is 5.96. The van der Waals surface area contributed by atoms with E-state index in [0.717, 1.165) is 19.5 Å². The van der Waals surface area contributed by atoms with Crippen molar-refractivity contribution in [2.75, 3.05) is 31.1 Å². The molecule has 2 aromatic carbocycles. The number of nitrogens with one attached hydrogen (secondary N) is 1. The number of carboxylic acid groups (broad SMARTS) is 1. The molecule has 1 amide bonds. The summed E-state index contributed by atoms with van der Waals surface area (Å²) in [6.07, 6.45) is 1.03. The van der Waals surface area contributed by atoms with E-state index >= 15 is 0 Å². The van der Waals surface area contributed by atoms with Crippen molar-refractivity contribution in [1.29, 1.82) is 0 Å². The molecule has 4 rings (SSSR count). The van der Waals surface area contributed by atoms with Crippen LogP contribution < -0.4 is 4.90 Å². The van der Waals surface area contributed by atoms with E-state index in [1.165, 1.54) is 11.3 Å². The maximum absolute atomic E-state index is 13.0. The molecule has 2 heterocycles. The van der Waals surface area contributed by atoms with E-state index in [0.29, 0.717) is 34.6 Å². The van der Waals surface area contributed by atoms with Gasteiger partial charge in [0.2, 0.25) is 5.91 Å². The number of H-pyrrole nitrogens is 1. The molecule has 0 saturated carbocycles. The molecular formula is C23H24ClN3O3. The molecule has 0 spiro atoms. The smallest absolute Gasteiger partial charge is 0.352 e. The zero-order valence-electron chi connectivity index (χ0n) is 16.8. The average Bonchev–Trinajstić information content (AvgIpc) is 3.11. The van der Waals surface area contributed by atoms with E-state index < -0.39 is 5.97 Å². The number of carbonyl (C=O) groups is 2. The summed E-state index contributed by atoms with van der Waals surface area (Å²) in [7, 11) is 0. The van der Waals surface area contributed by atoms with Gasteiger partial charge in [-0.3, -0.25) is 4.79 Å². The molecule has 1 aliphatic rings. The predicted molar refractivity (Wildman–Crippen MR) is 119 cm³/mol. The van der Waals surface area contributed by atoms with Crippen molar-refractivity contribution in [2.24, 2.45) is 0 Å². The SMILES string of the molecule is CCc1cccc(N2CCN(C(=O)Cc3c(C(=O)O)[nH]c4ccc(Cl)cc34)CC2)c1. The number of amides is 1. The maximum Gasteiger partial charge on any atom is 0.352 e. The van der Waals surface area contributed by atoms with Gasteiger partial charge in [0.15, 0.2) is 0 Å². The molecule has 3 aromatic rings. The fourth-order valence-corrected chi connectivity index (χ4v) is 4.21. The van der Waals surface area contributed by atoms with Crippen LogP contribution in [0.4, 0.5) is 5.69 Å². The summed E-state index contributed by atoms with van der Waals surface area (Å²) in [4.78, 5) is 31.7. The molecule has 156 valence electrons. The number of piperazine rings is 1.